The fourth-order valence-corrected chi connectivity index (χ4v) is 4.33. The number of benzene rings is 3. The zero-order valence-corrected chi connectivity index (χ0v) is 18.1. The van der Waals surface area contributed by atoms with Gasteiger partial charge in [0, 0.05) is 10.7 Å². The van der Waals surface area contributed by atoms with E-state index >= 15 is 0 Å². The summed E-state index contributed by atoms with van der Waals surface area (Å²) in [6.07, 6.45) is 0. The Morgan fingerprint density at radius 3 is 2.13 bits per heavy atom. The summed E-state index contributed by atoms with van der Waals surface area (Å²) < 4.78 is 32.1. The van der Waals surface area contributed by atoms with E-state index in [1.165, 1.54) is 55.6 Å². The molecule has 0 fully saturated rings. The van der Waals surface area contributed by atoms with Crippen LogP contribution in [0.2, 0.25) is 5.02 Å². The molecular formula is C22H19ClN2O5S. The van der Waals surface area contributed by atoms with E-state index in [0.717, 1.165) is 4.31 Å². The van der Waals surface area contributed by atoms with Crippen molar-refractivity contribution < 1.29 is 22.7 Å². The summed E-state index contributed by atoms with van der Waals surface area (Å²) in [7, 11) is -2.75. The monoisotopic (exact) mass is 458 g/mol. The Hall–Kier alpha value is -3.36. The van der Waals surface area contributed by atoms with Crippen LogP contribution in [0.15, 0.2) is 83.8 Å². The Labute approximate surface area is 185 Å². The van der Waals surface area contributed by atoms with Gasteiger partial charge >= 0.3 is 5.97 Å². The molecule has 0 unspecified atom stereocenters. The maximum absolute atomic E-state index is 13.2. The highest BCUT2D eigenvalue weighted by Crippen LogP contribution is 2.24. The molecule has 1 amide bonds. The second kappa shape index (κ2) is 9.63. The first-order valence-electron chi connectivity index (χ1n) is 9.13. The SMILES string of the molecule is COC(=O)c1ccc(NC(=O)CN(c2ccccc2)S(=O)(=O)c2ccc(Cl)cc2)cc1. The fraction of sp³-hybridized carbons (Fsp3) is 0.0909. The van der Waals surface area contributed by atoms with Gasteiger partial charge in [-0.25, -0.2) is 13.2 Å². The minimum Gasteiger partial charge on any atom is -0.465 e. The van der Waals surface area contributed by atoms with E-state index < -0.39 is 28.4 Å². The van der Waals surface area contributed by atoms with Crippen molar-refractivity contribution in [2.45, 2.75) is 4.90 Å². The van der Waals surface area contributed by atoms with E-state index in [4.69, 9.17) is 11.6 Å². The Morgan fingerprint density at radius 1 is 0.935 bits per heavy atom. The van der Waals surface area contributed by atoms with E-state index in [0.29, 0.717) is 22.0 Å². The third-order valence-electron chi connectivity index (χ3n) is 4.32. The van der Waals surface area contributed by atoms with Crippen LogP contribution >= 0.6 is 11.6 Å². The lowest BCUT2D eigenvalue weighted by molar-refractivity contribution is -0.114. The van der Waals surface area contributed by atoms with Crippen molar-refractivity contribution >= 4 is 44.9 Å². The van der Waals surface area contributed by atoms with E-state index in [2.05, 4.69) is 10.1 Å². The van der Waals surface area contributed by atoms with Gasteiger partial charge in [-0.3, -0.25) is 9.10 Å². The van der Waals surface area contributed by atoms with Gasteiger partial charge in [-0.2, -0.15) is 0 Å². The number of hydrogen-bond donors (Lipinski definition) is 1. The highest BCUT2D eigenvalue weighted by Gasteiger charge is 2.27. The Morgan fingerprint density at radius 2 is 1.55 bits per heavy atom. The molecule has 0 aliphatic carbocycles. The summed E-state index contributed by atoms with van der Waals surface area (Å²) in [6.45, 7) is -0.451. The second-order valence-electron chi connectivity index (χ2n) is 6.42. The molecule has 3 aromatic carbocycles. The molecule has 0 aliphatic rings. The van der Waals surface area contributed by atoms with Crippen LogP contribution in [-0.2, 0) is 19.6 Å². The summed E-state index contributed by atoms with van der Waals surface area (Å²) in [5, 5.41) is 3.04. The number of hydrogen-bond acceptors (Lipinski definition) is 5. The van der Waals surface area contributed by atoms with Crippen LogP contribution < -0.4 is 9.62 Å². The van der Waals surface area contributed by atoms with Crippen molar-refractivity contribution in [3.8, 4) is 0 Å². The number of ether oxygens (including phenoxy) is 1. The van der Waals surface area contributed by atoms with E-state index in [9.17, 15) is 18.0 Å². The minimum absolute atomic E-state index is 0.0102. The maximum Gasteiger partial charge on any atom is 0.337 e. The third-order valence-corrected chi connectivity index (χ3v) is 6.36. The smallest absolute Gasteiger partial charge is 0.337 e. The van der Waals surface area contributed by atoms with Gasteiger partial charge in [0.15, 0.2) is 0 Å². The summed E-state index contributed by atoms with van der Waals surface area (Å²) in [5.41, 5.74) is 1.08. The number of nitrogens with zero attached hydrogens (tertiary/aromatic N) is 1. The van der Waals surface area contributed by atoms with Crippen LogP contribution in [0.5, 0.6) is 0 Å². The van der Waals surface area contributed by atoms with Crippen LogP contribution in [-0.4, -0.2) is 33.9 Å². The summed E-state index contributed by atoms with van der Waals surface area (Å²) in [4.78, 5) is 24.2. The summed E-state index contributed by atoms with van der Waals surface area (Å²) in [6, 6.07) is 20.1. The molecular weight excluding hydrogens is 440 g/mol. The topological polar surface area (TPSA) is 92.8 Å². The van der Waals surface area contributed by atoms with Gasteiger partial charge in [0.2, 0.25) is 5.91 Å². The number of esters is 1. The van der Waals surface area contributed by atoms with Crippen LogP contribution in [0.4, 0.5) is 11.4 Å². The Kier molecular flexibility index (Phi) is 6.94. The van der Waals surface area contributed by atoms with Crippen molar-refractivity contribution in [2.24, 2.45) is 0 Å². The van der Waals surface area contributed by atoms with Gasteiger partial charge in [0.1, 0.15) is 6.54 Å². The molecule has 0 atom stereocenters. The largest absolute Gasteiger partial charge is 0.465 e. The van der Waals surface area contributed by atoms with Gasteiger partial charge < -0.3 is 10.1 Å². The lowest BCUT2D eigenvalue weighted by Gasteiger charge is -2.24. The van der Waals surface area contributed by atoms with Crippen LogP contribution in [0.25, 0.3) is 0 Å². The molecule has 1 N–H and O–H groups in total. The molecule has 3 rings (SSSR count). The molecule has 0 spiro atoms. The van der Waals surface area contributed by atoms with E-state index in [1.807, 2.05) is 0 Å². The van der Waals surface area contributed by atoms with E-state index in [1.54, 1.807) is 30.3 Å². The first-order chi connectivity index (χ1) is 14.8. The van der Waals surface area contributed by atoms with Gasteiger partial charge in [0.05, 0.1) is 23.3 Å². The zero-order valence-electron chi connectivity index (χ0n) is 16.5. The molecule has 0 bridgehead atoms. The number of carbonyl (C=O) groups is 2. The molecule has 0 saturated carbocycles. The van der Waals surface area contributed by atoms with Crippen LogP contribution in [0, 0.1) is 0 Å². The predicted octanol–water partition coefficient (Wildman–Crippen LogP) is 3.96. The van der Waals surface area contributed by atoms with Crippen molar-refractivity contribution in [1.82, 2.24) is 0 Å². The molecule has 3 aromatic rings. The summed E-state index contributed by atoms with van der Waals surface area (Å²) >= 11 is 5.87. The quantitative estimate of drug-likeness (QED) is 0.541. The number of methoxy groups -OCH3 is 1. The normalized spacial score (nSPS) is 10.9. The van der Waals surface area contributed by atoms with Crippen LogP contribution in [0.3, 0.4) is 0 Å². The van der Waals surface area contributed by atoms with Gasteiger partial charge in [-0.1, -0.05) is 29.8 Å². The molecule has 9 heteroatoms. The zero-order chi connectivity index (χ0) is 22.4. The average Bonchev–Trinajstić information content (AvgIpc) is 2.78. The number of carbonyl (C=O) groups excluding carboxylic acids is 2. The van der Waals surface area contributed by atoms with Crippen LogP contribution in [0.1, 0.15) is 10.4 Å². The minimum atomic E-state index is -4.03. The number of halogens is 1. The number of nitrogens with one attached hydrogen (secondary N) is 1. The molecule has 0 heterocycles. The number of sulfonamides is 1. The number of amides is 1. The van der Waals surface area contributed by atoms with Crippen molar-refractivity contribution in [1.29, 1.82) is 0 Å². The first kappa shape index (κ1) is 22.3. The van der Waals surface area contributed by atoms with Gasteiger partial charge in [-0.05, 0) is 60.7 Å². The number of anilines is 2. The highest BCUT2D eigenvalue weighted by atomic mass is 35.5. The molecule has 0 aliphatic heterocycles. The molecule has 160 valence electrons. The second-order valence-corrected chi connectivity index (χ2v) is 8.72. The number of para-hydroxylation sites is 1. The van der Waals surface area contributed by atoms with Crippen molar-refractivity contribution in [3.05, 3.63) is 89.4 Å². The predicted molar refractivity (Wildman–Crippen MR) is 119 cm³/mol. The lowest BCUT2D eigenvalue weighted by Crippen LogP contribution is -2.38. The van der Waals surface area contributed by atoms with Gasteiger partial charge in [0.25, 0.3) is 10.0 Å². The van der Waals surface area contributed by atoms with Crippen molar-refractivity contribution in [3.63, 3.8) is 0 Å². The molecule has 0 aromatic heterocycles. The lowest BCUT2D eigenvalue weighted by atomic mass is 10.2. The standard InChI is InChI=1S/C22H19ClN2O5S/c1-30-22(27)16-7-11-18(12-8-16)24-21(26)15-25(19-5-3-2-4-6-19)31(28,29)20-13-9-17(23)10-14-20/h2-14H,15H2,1H3,(H,24,26). The molecule has 31 heavy (non-hydrogen) atoms. The van der Waals surface area contributed by atoms with E-state index in [-0.39, 0.29) is 4.90 Å². The average molecular weight is 459 g/mol. The Balaban J connectivity index is 1.84. The molecule has 7 nitrogen and oxygen atoms in total. The molecule has 0 saturated heterocycles. The molecule has 0 radical (unpaired) electrons. The summed E-state index contributed by atoms with van der Waals surface area (Å²) in [5.74, 6) is -1.05. The fourth-order valence-electron chi connectivity index (χ4n) is 2.78. The number of rotatable bonds is 7. The maximum atomic E-state index is 13.2. The third kappa shape index (κ3) is 5.42. The highest BCUT2D eigenvalue weighted by molar-refractivity contribution is 7.92. The first-order valence-corrected chi connectivity index (χ1v) is 10.9. The van der Waals surface area contributed by atoms with Crippen molar-refractivity contribution in [2.75, 3.05) is 23.3 Å². The van der Waals surface area contributed by atoms with Gasteiger partial charge in [-0.15, -0.1) is 0 Å². The Bertz CT molecular complexity index is 1160.